The van der Waals surface area contributed by atoms with E-state index in [1.54, 1.807) is 18.5 Å². The number of nitrogens with one attached hydrogen (secondary N) is 1. The third-order valence-corrected chi connectivity index (χ3v) is 6.38. The van der Waals surface area contributed by atoms with Gasteiger partial charge in [-0.3, -0.25) is 0 Å². The lowest BCUT2D eigenvalue weighted by Gasteiger charge is -2.39. The largest absolute Gasteiger partial charge is 0.465 e. The first-order valence-electron chi connectivity index (χ1n) is 8.69. The van der Waals surface area contributed by atoms with Crippen LogP contribution in [0.4, 0.5) is 22.2 Å². The number of nitrogen functional groups attached to an aromatic ring is 2. The molecule has 0 aromatic carbocycles. The molecule has 1 amide bonds. The highest BCUT2D eigenvalue weighted by molar-refractivity contribution is 7.99. The summed E-state index contributed by atoms with van der Waals surface area (Å²) in [6, 6.07) is 1.75. The van der Waals surface area contributed by atoms with Gasteiger partial charge in [0.2, 0.25) is 0 Å². The van der Waals surface area contributed by atoms with Crippen LogP contribution in [-0.2, 0) is 0 Å². The molecule has 0 saturated carbocycles. The second-order valence-electron chi connectivity index (χ2n) is 6.99. The van der Waals surface area contributed by atoms with Crippen LogP contribution in [0, 0.1) is 5.41 Å². The average molecular weight is 424 g/mol. The average Bonchev–Trinajstić information content (AvgIpc) is 2.66. The molecule has 0 spiro atoms. The van der Waals surface area contributed by atoms with Gasteiger partial charge >= 0.3 is 6.09 Å². The quantitative estimate of drug-likeness (QED) is 0.570. The predicted molar refractivity (Wildman–Crippen MR) is 110 cm³/mol. The number of nitrogens with zero attached hydrogens (tertiary/aromatic N) is 4. The highest BCUT2D eigenvalue weighted by Gasteiger charge is 2.31. The molecule has 150 valence electrons. The zero-order valence-corrected chi connectivity index (χ0v) is 16.9. The van der Waals surface area contributed by atoms with E-state index in [-0.39, 0.29) is 11.2 Å². The minimum absolute atomic E-state index is 0.0678. The molecule has 0 aliphatic carbocycles. The van der Waals surface area contributed by atoms with E-state index >= 15 is 0 Å². The molecule has 11 heteroatoms. The molecule has 2 aromatic heterocycles. The van der Waals surface area contributed by atoms with E-state index in [4.69, 9.17) is 28.2 Å². The van der Waals surface area contributed by atoms with Crippen LogP contribution < -0.4 is 21.7 Å². The van der Waals surface area contributed by atoms with Crippen LogP contribution in [0.2, 0.25) is 5.02 Å². The summed E-state index contributed by atoms with van der Waals surface area (Å²) in [5, 5.41) is 12.2. The van der Waals surface area contributed by atoms with Gasteiger partial charge in [-0.05, 0) is 24.3 Å². The monoisotopic (exact) mass is 423 g/mol. The van der Waals surface area contributed by atoms with Crippen molar-refractivity contribution >= 4 is 46.9 Å². The Balaban J connectivity index is 1.66. The van der Waals surface area contributed by atoms with Crippen LogP contribution in [0.1, 0.15) is 19.8 Å². The van der Waals surface area contributed by atoms with Crippen LogP contribution in [0.5, 0.6) is 0 Å². The van der Waals surface area contributed by atoms with Gasteiger partial charge in [0, 0.05) is 30.7 Å². The van der Waals surface area contributed by atoms with Crippen molar-refractivity contribution in [3.63, 3.8) is 0 Å². The topological polar surface area (TPSA) is 143 Å². The molecule has 3 rings (SSSR count). The summed E-state index contributed by atoms with van der Waals surface area (Å²) in [7, 11) is 0. The number of carbonyl (C=O) groups is 1. The van der Waals surface area contributed by atoms with Crippen LogP contribution >= 0.6 is 23.4 Å². The Labute approximate surface area is 171 Å². The van der Waals surface area contributed by atoms with Crippen molar-refractivity contribution in [3.8, 4) is 0 Å². The number of anilines is 3. The van der Waals surface area contributed by atoms with Gasteiger partial charge in [-0.2, -0.15) is 0 Å². The Hall–Kier alpha value is -2.46. The smallest absolute Gasteiger partial charge is 0.404 e. The zero-order chi connectivity index (χ0) is 20.3. The molecular weight excluding hydrogens is 402 g/mol. The van der Waals surface area contributed by atoms with Crippen LogP contribution in [0.25, 0.3) is 0 Å². The molecule has 6 N–H and O–H groups in total. The molecule has 2 aromatic rings. The lowest BCUT2D eigenvalue weighted by molar-refractivity contribution is 0.178. The van der Waals surface area contributed by atoms with Crippen molar-refractivity contribution in [3.05, 3.63) is 23.5 Å². The highest BCUT2D eigenvalue weighted by Crippen LogP contribution is 2.37. The molecule has 0 bridgehead atoms. The molecule has 0 radical (unpaired) electrons. The number of aromatic nitrogens is 3. The van der Waals surface area contributed by atoms with Crippen LogP contribution in [0.15, 0.2) is 28.4 Å². The fourth-order valence-electron chi connectivity index (χ4n) is 2.98. The lowest BCUT2D eigenvalue weighted by Crippen LogP contribution is -2.44. The minimum atomic E-state index is -0.994. The van der Waals surface area contributed by atoms with E-state index in [1.807, 2.05) is 0 Å². The second kappa shape index (κ2) is 8.27. The minimum Gasteiger partial charge on any atom is -0.465 e. The molecule has 0 unspecified atom stereocenters. The molecule has 1 fully saturated rings. The normalized spacial score (nSPS) is 16.0. The van der Waals surface area contributed by atoms with Gasteiger partial charge in [0.1, 0.15) is 16.7 Å². The second-order valence-corrected chi connectivity index (χ2v) is 8.39. The summed E-state index contributed by atoms with van der Waals surface area (Å²) in [4.78, 5) is 26.4. The van der Waals surface area contributed by atoms with E-state index in [0.717, 1.165) is 25.9 Å². The van der Waals surface area contributed by atoms with Crippen molar-refractivity contribution in [2.24, 2.45) is 5.41 Å². The Morgan fingerprint density at radius 2 is 2.07 bits per heavy atom. The van der Waals surface area contributed by atoms with Gasteiger partial charge in [0.15, 0.2) is 5.82 Å². The molecule has 28 heavy (non-hydrogen) atoms. The van der Waals surface area contributed by atoms with Crippen LogP contribution in [0.3, 0.4) is 0 Å². The van der Waals surface area contributed by atoms with E-state index in [2.05, 4.69) is 32.1 Å². The first-order chi connectivity index (χ1) is 13.3. The Morgan fingerprint density at radius 3 is 2.71 bits per heavy atom. The number of pyridine rings is 1. The van der Waals surface area contributed by atoms with Gasteiger partial charge in [-0.25, -0.2) is 19.7 Å². The standard InChI is InChI=1S/C17H22ClN7O2S/c1-17(9-23-16(26)27)3-6-25(7-4-17)11-8-22-15(14(20)24-11)28-10-2-5-21-13(19)12(10)18/h2,5,8,23H,3-4,6-7,9H2,1H3,(H2,19,21)(H2,20,24)(H,26,27). The van der Waals surface area contributed by atoms with Crippen molar-refractivity contribution < 1.29 is 9.90 Å². The molecular formula is C17H22ClN7O2S. The maximum atomic E-state index is 10.7. The Bertz CT molecular complexity index is 875. The summed E-state index contributed by atoms with van der Waals surface area (Å²) in [6.45, 7) is 4.04. The molecule has 3 heterocycles. The summed E-state index contributed by atoms with van der Waals surface area (Å²) in [5.74, 6) is 1.27. The van der Waals surface area contributed by atoms with E-state index in [9.17, 15) is 4.79 Å². The fourth-order valence-corrected chi connectivity index (χ4v) is 3.99. The molecule has 9 nitrogen and oxygen atoms in total. The number of nitrogens with two attached hydrogens (primary N) is 2. The van der Waals surface area contributed by atoms with Crippen molar-refractivity contribution in [2.75, 3.05) is 36.0 Å². The van der Waals surface area contributed by atoms with Gasteiger partial charge in [0.25, 0.3) is 0 Å². The summed E-state index contributed by atoms with van der Waals surface area (Å²) >= 11 is 7.46. The predicted octanol–water partition coefficient (Wildman–Crippen LogP) is 2.71. The number of carboxylic acid groups (broad SMARTS) is 1. The summed E-state index contributed by atoms with van der Waals surface area (Å²) < 4.78 is 0. The van der Waals surface area contributed by atoms with Crippen LogP contribution in [-0.4, -0.2) is 45.8 Å². The SMILES string of the molecule is CC1(CNC(=O)O)CCN(c2cnc(Sc3ccnc(N)c3Cl)c(N)n2)CC1. The Morgan fingerprint density at radius 1 is 1.36 bits per heavy atom. The summed E-state index contributed by atoms with van der Waals surface area (Å²) in [5.41, 5.74) is 11.8. The number of halogens is 1. The van der Waals surface area contributed by atoms with Gasteiger partial charge in [-0.1, -0.05) is 30.3 Å². The molecule has 1 aliphatic rings. The van der Waals surface area contributed by atoms with Gasteiger partial charge < -0.3 is 26.8 Å². The number of amides is 1. The lowest BCUT2D eigenvalue weighted by atomic mass is 9.80. The Kier molecular flexibility index (Phi) is 5.99. The van der Waals surface area contributed by atoms with Gasteiger partial charge in [0.05, 0.1) is 11.2 Å². The molecule has 1 aliphatic heterocycles. The first kappa shape index (κ1) is 20.3. The first-order valence-corrected chi connectivity index (χ1v) is 9.89. The van der Waals surface area contributed by atoms with Crippen molar-refractivity contribution in [1.82, 2.24) is 20.3 Å². The third-order valence-electron chi connectivity index (χ3n) is 4.80. The zero-order valence-electron chi connectivity index (χ0n) is 15.4. The van der Waals surface area contributed by atoms with Crippen molar-refractivity contribution in [2.45, 2.75) is 29.7 Å². The maximum absolute atomic E-state index is 10.7. The number of rotatable bonds is 5. The molecule has 1 saturated heterocycles. The maximum Gasteiger partial charge on any atom is 0.404 e. The van der Waals surface area contributed by atoms with Crippen molar-refractivity contribution in [1.29, 1.82) is 0 Å². The summed E-state index contributed by atoms with van der Waals surface area (Å²) in [6.07, 6.45) is 3.96. The van der Waals surface area contributed by atoms with E-state index < -0.39 is 6.09 Å². The highest BCUT2D eigenvalue weighted by atomic mass is 35.5. The van der Waals surface area contributed by atoms with E-state index in [1.165, 1.54) is 11.8 Å². The fraction of sp³-hybridized carbons (Fsp3) is 0.412. The molecule has 0 atom stereocenters. The number of piperidine rings is 1. The third kappa shape index (κ3) is 4.68. The van der Waals surface area contributed by atoms with Gasteiger partial charge in [-0.15, -0.1) is 0 Å². The van der Waals surface area contributed by atoms with E-state index in [0.29, 0.717) is 33.1 Å². The number of hydrogen-bond acceptors (Lipinski definition) is 8. The number of hydrogen-bond donors (Lipinski definition) is 4.